The van der Waals surface area contributed by atoms with E-state index in [1.807, 2.05) is 0 Å². The normalized spacial score (nSPS) is 15.3. The van der Waals surface area contributed by atoms with Crippen LogP contribution in [0.2, 0.25) is 0 Å². The number of aryl methyl sites for hydroxylation is 6. The van der Waals surface area contributed by atoms with E-state index in [-0.39, 0.29) is 31.1 Å². The van der Waals surface area contributed by atoms with E-state index in [9.17, 15) is 0 Å². The van der Waals surface area contributed by atoms with Gasteiger partial charge in [-0.25, -0.2) is 0 Å². The molecule has 14 rings (SSSR count). The molecule has 0 spiro atoms. The van der Waals surface area contributed by atoms with Crippen molar-refractivity contribution in [1.29, 1.82) is 0 Å². The molecule has 0 N–H and O–H groups in total. The van der Waals surface area contributed by atoms with E-state index in [1.54, 1.807) is 0 Å². The Hall–Kier alpha value is -6.41. The molecule has 0 radical (unpaired) electrons. The van der Waals surface area contributed by atoms with E-state index in [4.69, 9.17) is 30.3 Å². The summed E-state index contributed by atoms with van der Waals surface area (Å²) in [5.74, 6) is 1.08. The van der Waals surface area contributed by atoms with Crippen LogP contribution in [0.15, 0.2) is 206 Å². The van der Waals surface area contributed by atoms with Crippen LogP contribution >= 0.6 is 30.3 Å². The van der Waals surface area contributed by atoms with Crippen LogP contribution in [0.4, 0.5) is 0 Å². The fraction of sp³-hybridized carbons (Fsp3) is 0.384. The van der Waals surface area contributed by atoms with Gasteiger partial charge in [0.1, 0.15) is 0 Å². The van der Waals surface area contributed by atoms with E-state index < -0.39 is 11.2 Å². The summed E-state index contributed by atoms with van der Waals surface area (Å²) in [5, 5.41) is 0. The van der Waals surface area contributed by atoms with Crippen LogP contribution in [0, 0.1) is 21.3 Å². The zero-order valence-electron chi connectivity index (χ0n) is 63.2. The zero-order valence-corrected chi connectivity index (χ0v) is 66.6. The number of unbranched alkanes of at least 4 members (excludes halogenated alkanes) is 20. The first-order valence-corrected chi connectivity index (χ1v) is 44.4. The molecule has 4 heteroatoms. The first-order chi connectivity index (χ1) is 50.0. The molecule has 0 saturated carbocycles. The van der Waals surface area contributed by atoms with Gasteiger partial charge in [-0.2, -0.15) is 0 Å². The fourth-order valence-electron chi connectivity index (χ4n) is 17.5. The van der Waals surface area contributed by atoms with Crippen LogP contribution < -0.4 is 0 Å². The Morgan fingerprint density at radius 2 is 0.447 bits per heavy atom. The van der Waals surface area contributed by atoms with Gasteiger partial charge < -0.3 is 7.43 Å². The van der Waals surface area contributed by atoms with Crippen LogP contribution in [0.25, 0.3) is 44.5 Å². The van der Waals surface area contributed by atoms with E-state index in [2.05, 4.69) is 248 Å². The van der Waals surface area contributed by atoms with Gasteiger partial charge in [-0.3, -0.25) is 0 Å². The number of halogens is 3. The third-order valence-electron chi connectivity index (χ3n) is 23.0. The molecule has 0 bridgehead atoms. The maximum absolute atomic E-state index is 4.89. The van der Waals surface area contributed by atoms with Crippen molar-refractivity contribution in [3.8, 4) is 44.5 Å². The molecule has 0 fully saturated rings. The van der Waals surface area contributed by atoms with E-state index >= 15 is 0 Å². The van der Waals surface area contributed by atoms with Crippen molar-refractivity contribution in [3.05, 3.63) is 314 Å². The molecule has 0 aromatic heterocycles. The van der Waals surface area contributed by atoms with Gasteiger partial charge in [0.25, 0.3) is 0 Å². The molecular formula is C99H115Cl3Fe-. The van der Waals surface area contributed by atoms with Crippen molar-refractivity contribution >= 4 is 30.3 Å². The van der Waals surface area contributed by atoms with Crippen LogP contribution in [0.1, 0.15) is 306 Å². The van der Waals surface area contributed by atoms with Crippen LogP contribution in [0.3, 0.4) is 0 Å². The van der Waals surface area contributed by atoms with Gasteiger partial charge in [0.15, 0.2) is 0 Å². The van der Waals surface area contributed by atoms with E-state index in [1.165, 1.54) is 324 Å². The molecule has 0 saturated heterocycles. The van der Waals surface area contributed by atoms with Gasteiger partial charge in [0.2, 0.25) is 0 Å². The van der Waals surface area contributed by atoms with Gasteiger partial charge in [-0.15, -0.1) is 0 Å². The molecule has 541 valence electrons. The predicted octanol–water partition coefficient (Wildman–Crippen LogP) is 30.8. The van der Waals surface area contributed by atoms with Crippen molar-refractivity contribution in [1.82, 2.24) is 0 Å². The minimum atomic E-state index is -1.33. The van der Waals surface area contributed by atoms with Crippen molar-refractivity contribution < 1.29 is 11.2 Å². The Bertz CT molecular complexity index is 4030. The van der Waals surface area contributed by atoms with Crippen molar-refractivity contribution in [2.75, 3.05) is 0 Å². The molecule has 0 aliphatic heterocycles. The molecule has 0 nitrogen and oxygen atoms in total. The molecule has 10 aromatic rings. The Morgan fingerprint density at radius 1 is 0.233 bits per heavy atom. The third-order valence-corrected chi connectivity index (χ3v) is 23.0. The number of rotatable bonds is 32. The molecule has 0 amide bonds. The minimum absolute atomic E-state index is 0. The van der Waals surface area contributed by atoms with Crippen molar-refractivity contribution in [2.24, 2.45) is 0 Å². The summed E-state index contributed by atoms with van der Waals surface area (Å²) in [6.07, 6.45) is 37.2. The van der Waals surface area contributed by atoms with Gasteiger partial charge in [0, 0.05) is 23.7 Å². The van der Waals surface area contributed by atoms with Gasteiger partial charge in [-0.05, 0) is 223 Å². The fourth-order valence-corrected chi connectivity index (χ4v) is 17.5. The second-order valence-corrected chi connectivity index (χ2v) is 35.8. The average Bonchev–Trinajstić information content (AvgIpc) is 1.57. The van der Waals surface area contributed by atoms with Crippen LogP contribution in [0.5, 0.6) is 0 Å². The SMILES string of the molecule is CCCCCCCCc1ccc(C2c3ccc(C)cc3-c3cc4c(cc32)-c2cc(C)ccc2C4c2ccc(CCCCCCCC)cc2)cc1.CCCCCCCCc1ccc(C2c3ccccc3-c3cc4c(cc32)-c2ccccc2C4c2ccc(CCCCCCCC)cc2)cc1.[CH3-].[Cl][Fe]([Cl])[Cl]. The molecule has 4 atom stereocenters. The van der Waals surface area contributed by atoms with Crippen molar-refractivity contribution in [3.63, 3.8) is 0 Å². The van der Waals surface area contributed by atoms with E-state index in [0.29, 0.717) is 0 Å². The quantitative estimate of drug-likeness (QED) is 0.0224. The molecule has 4 unspecified atom stereocenters. The number of fused-ring (bicyclic) bond motifs is 12. The molecular weight excluding hydrogens is 1350 g/mol. The standard InChI is InChI=1S/C50H58.C48H54.CH3.3ClH.Fe/c1-5-7-9-11-13-15-17-37-21-25-39(26-22-37)49-41-29-19-35(3)31-43(41)45-34-48-46(33-47(45)49)44-32-36(4)20-30-42(44)50(48)40-27-23-38(24-28-40)18-16-14-12-10-8-6-2;1-3-5-7-9-11-13-19-35-25-29-37(30-26-35)47-41-23-17-15-21-39(41)43-34-46-44(33-45(43)47)40-22-16-18-24-42(40)48(46)38-31-27-36(28-32-38)20-14-12-10-8-6-4-2;;;;;/h19-34,49-50H,5-18H2,1-4H3;15-18,21-34,47-48H,3-14,19-20H2,1-2H3;1H3;3*1H;/q;;-1;;;;+3/p-3. The zero-order chi connectivity index (χ0) is 70.7. The van der Waals surface area contributed by atoms with Gasteiger partial charge >= 0.3 is 41.5 Å². The maximum atomic E-state index is 4.89. The molecule has 4 aliphatic carbocycles. The number of hydrogen-bond acceptors (Lipinski definition) is 0. The van der Waals surface area contributed by atoms with Crippen LogP contribution in [-0.2, 0) is 36.8 Å². The summed E-state index contributed by atoms with van der Waals surface area (Å²) in [5.41, 5.74) is 37.2. The number of benzene rings is 10. The first-order valence-electron chi connectivity index (χ1n) is 39.8. The predicted molar refractivity (Wildman–Crippen MR) is 446 cm³/mol. The Balaban J connectivity index is 0.000000195. The third kappa shape index (κ3) is 19.1. The second-order valence-electron chi connectivity index (χ2n) is 30.3. The summed E-state index contributed by atoms with van der Waals surface area (Å²) in [6, 6.07) is 81.5. The summed E-state index contributed by atoms with van der Waals surface area (Å²) in [7, 11) is 14.7. The summed E-state index contributed by atoms with van der Waals surface area (Å²) >= 11 is -1.33. The van der Waals surface area contributed by atoms with Crippen LogP contribution in [-0.4, -0.2) is 0 Å². The molecule has 4 aliphatic rings. The molecule has 103 heavy (non-hydrogen) atoms. The summed E-state index contributed by atoms with van der Waals surface area (Å²) in [4.78, 5) is 0. The Kier molecular flexibility index (Phi) is 29.2. The second kappa shape index (κ2) is 38.7. The number of hydrogen-bond donors (Lipinski definition) is 0. The van der Waals surface area contributed by atoms with E-state index in [0.717, 1.165) is 0 Å². The molecule has 0 heterocycles. The summed E-state index contributed by atoms with van der Waals surface area (Å²) in [6.45, 7) is 13.7. The molecule has 10 aromatic carbocycles. The topological polar surface area (TPSA) is 0 Å². The Morgan fingerprint density at radius 3 is 0.709 bits per heavy atom. The summed E-state index contributed by atoms with van der Waals surface area (Å²) < 4.78 is 0. The first kappa shape index (κ1) is 77.7. The average molecular weight is 1470 g/mol. The Labute approximate surface area is 639 Å². The van der Waals surface area contributed by atoms with Crippen molar-refractivity contribution in [2.45, 2.75) is 245 Å². The monoisotopic (exact) mass is 1460 g/mol. The van der Waals surface area contributed by atoms with Gasteiger partial charge in [-0.1, -0.05) is 349 Å². The van der Waals surface area contributed by atoms with Gasteiger partial charge in [0.05, 0.1) is 0 Å².